The highest BCUT2D eigenvalue weighted by atomic mass is 35.5. The maximum Gasteiger partial charge on any atom is 0.0426 e. The maximum atomic E-state index is 6.17. The highest BCUT2D eigenvalue weighted by Gasteiger charge is 2.31. The first kappa shape index (κ1) is 14.7. The molecule has 1 fully saturated rings. The second kappa shape index (κ2) is 6.15. The lowest BCUT2D eigenvalue weighted by Crippen LogP contribution is -2.32. The zero-order valence-electron chi connectivity index (χ0n) is 12.2. The Bertz CT molecular complexity index is 429. The summed E-state index contributed by atoms with van der Waals surface area (Å²) < 4.78 is 0. The fraction of sp³-hybridized carbons (Fsp3) is 0.625. The van der Waals surface area contributed by atoms with Crippen molar-refractivity contribution in [1.29, 1.82) is 0 Å². The summed E-state index contributed by atoms with van der Waals surface area (Å²) in [7, 11) is 2.18. The van der Waals surface area contributed by atoms with Crippen molar-refractivity contribution >= 4 is 17.3 Å². The van der Waals surface area contributed by atoms with E-state index in [-0.39, 0.29) is 6.04 Å². The molecule has 0 heterocycles. The van der Waals surface area contributed by atoms with E-state index in [1.54, 1.807) is 0 Å². The molecule has 0 aromatic heterocycles. The van der Waals surface area contributed by atoms with Gasteiger partial charge in [0, 0.05) is 29.8 Å². The Hall–Kier alpha value is -0.730. The van der Waals surface area contributed by atoms with Crippen molar-refractivity contribution in [3.05, 3.63) is 28.8 Å². The lowest BCUT2D eigenvalue weighted by molar-refractivity contribution is 0.601. The number of rotatable bonds is 6. The summed E-state index contributed by atoms with van der Waals surface area (Å²) in [6, 6.07) is 6.99. The van der Waals surface area contributed by atoms with Crippen LogP contribution < -0.4 is 10.6 Å². The fourth-order valence-corrected chi connectivity index (χ4v) is 2.75. The number of benzene rings is 1. The first-order valence-corrected chi connectivity index (χ1v) is 7.67. The van der Waals surface area contributed by atoms with Crippen molar-refractivity contribution in [3.8, 4) is 0 Å². The maximum absolute atomic E-state index is 6.17. The summed E-state index contributed by atoms with van der Waals surface area (Å²) in [5.41, 5.74) is 8.67. The van der Waals surface area contributed by atoms with Gasteiger partial charge in [-0.05, 0) is 56.2 Å². The lowest BCUT2D eigenvalue weighted by Gasteiger charge is -2.30. The summed E-state index contributed by atoms with van der Waals surface area (Å²) >= 11 is 6.17. The van der Waals surface area contributed by atoms with E-state index in [1.807, 2.05) is 6.07 Å². The van der Waals surface area contributed by atoms with Crippen LogP contribution in [0.15, 0.2) is 18.2 Å². The average molecular weight is 281 g/mol. The van der Waals surface area contributed by atoms with Crippen LogP contribution in [0.3, 0.4) is 0 Å². The Morgan fingerprint density at radius 2 is 2.11 bits per heavy atom. The molecule has 2 rings (SSSR count). The minimum atomic E-state index is 0.226. The molecule has 1 aromatic carbocycles. The van der Waals surface area contributed by atoms with E-state index >= 15 is 0 Å². The van der Waals surface area contributed by atoms with Gasteiger partial charge in [-0.25, -0.2) is 0 Å². The minimum Gasteiger partial charge on any atom is -0.371 e. The summed E-state index contributed by atoms with van der Waals surface area (Å²) in [5, 5.41) is 0.804. The van der Waals surface area contributed by atoms with E-state index in [0.717, 1.165) is 23.8 Å². The smallest absolute Gasteiger partial charge is 0.0426 e. The van der Waals surface area contributed by atoms with Gasteiger partial charge in [0.05, 0.1) is 0 Å². The van der Waals surface area contributed by atoms with E-state index < -0.39 is 0 Å². The first-order valence-electron chi connectivity index (χ1n) is 7.29. The van der Waals surface area contributed by atoms with Gasteiger partial charge in [0.1, 0.15) is 0 Å². The molecular weight excluding hydrogens is 256 g/mol. The predicted octanol–water partition coefficient (Wildman–Crippen LogP) is 3.85. The molecule has 0 aliphatic heterocycles. The molecule has 1 aromatic rings. The van der Waals surface area contributed by atoms with Gasteiger partial charge >= 0.3 is 0 Å². The SMILES string of the molecule is CCC(N)Cc1ccc(Cl)cc1N(C)C(C)C1CC1. The number of halogens is 1. The molecule has 0 amide bonds. The Morgan fingerprint density at radius 3 is 2.68 bits per heavy atom. The third-order valence-corrected chi connectivity index (χ3v) is 4.58. The third-order valence-electron chi connectivity index (χ3n) is 4.35. The molecule has 2 nitrogen and oxygen atoms in total. The Kier molecular flexibility index (Phi) is 4.75. The van der Waals surface area contributed by atoms with E-state index in [0.29, 0.717) is 6.04 Å². The highest BCUT2D eigenvalue weighted by Crippen LogP contribution is 2.37. The standard InChI is InChI=1S/C16H25ClN2/c1-4-15(18)9-13-7-8-14(17)10-16(13)19(3)11(2)12-5-6-12/h7-8,10-12,15H,4-6,9,18H2,1-3H3. The summed E-state index contributed by atoms with van der Waals surface area (Å²) in [6.45, 7) is 4.44. The van der Waals surface area contributed by atoms with Crippen molar-refractivity contribution in [2.24, 2.45) is 11.7 Å². The zero-order chi connectivity index (χ0) is 14.0. The monoisotopic (exact) mass is 280 g/mol. The van der Waals surface area contributed by atoms with Gasteiger partial charge in [-0.15, -0.1) is 0 Å². The predicted molar refractivity (Wildman–Crippen MR) is 84.0 cm³/mol. The van der Waals surface area contributed by atoms with E-state index in [9.17, 15) is 0 Å². The second-order valence-electron chi connectivity index (χ2n) is 5.83. The van der Waals surface area contributed by atoms with Gasteiger partial charge in [-0.1, -0.05) is 24.6 Å². The normalized spacial score (nSPS) is 18.2. The van der Waals surface area contributed by atoms with Crippen LogP contribution in [-0.2, 0) is 6.42 Å². The van der Waals surface area contributed by atoms with Gasteiger partial charge in [-0.2, -0.15) is 0 Å². The van der Waals surface area contributed by atoms with Crippen LogP contribution >= 0.6 is 11.6 Å². The second-order valence-corrected chi connectivity index (χ2v) is 6.27. The molecular formula is C16H25ClN2. The first-order chi connectivity index (χ1) is 9.02. The molecule has 106 valence electrons. The van der Waals surface area contributed by atoms with Gasteiger partial charge in [0.2, 0.25) is 0 Å². The van der Waals surface area contributed by atoms with Crippen molar-refractivity contribution < 1.29 is 0 Å². The number of hydrogen-bond donors (Lipinski definition) is 1. The molecule has 0 radical (unpaired) electrons. The Balaban J connectivity index is 2.22. The lowest BCUT2D eigenvalue weighted by atomic mass is 10.0. The van der Waals surface area contributed by atoms with E-state index in [2.05, 4.69) is 37.9 Å². The molecule has 0 saturated heterocycles. The third kappa shape index (κ3) is 3.64. The van der Waals surface area contributed by atoms with Crippen molar-refractivity contribution in [1.82, 2.24) is 0 Å². The molecule has 2 unspecified atom stereocenters. The molecule has 2 N–H and O–H groups in total. The topological polar surface area (TPSA) is 29.3 Å². The molecule has 3 heteroatoms. The number of hydrogen-bond acceptors (Lipinski definition) is 2. The van der Waals surface area contributed by atoms with E-state index in [4.69, 9.17) is 17.3 Å². The largest absolute Gasteiger partial charge is 0.371 e. The van der Waals surface area contributed by atoms with E-state index in [1.165, 1.54) is 24.1 Å². The number of nitrogens with two attached hydrogens (primary N) is 1. The number of anilines is 1. The van der Waals surface area contributed by atoms with Gasteiger partial charge < -0.3 is 10.6 Å². The summed E-state index contributed by atoms with van der Waals surface area (Å²) in [4.78, 5) is 2.38. The minimum absolute atomic E-state index is 0.226. The van der Waals surface area contributed by atoms with Crippen molar-refractivity contribution in [2.75, 3.05) is 11.9 Å². The molecule has 0 bridgehead atoms. The van der Waals surface area contributed by atoms with Crippen LogP contribution in [0.5, 0.6) is 0 Å². The van der Waals surface area contributed by atoms with Crippen LogP contribution in [0.1, 0.15) is 38.7 Å². The zero-order valence-corrected chi connectivity index (χ0v) is 13.0. The van der Waals surface area contributed by atoms with Crippen molar-refractivity contribution in [2.45, 2.75) is 51.6 Å². The Labute approximate surface area is 121 Å². The fourth-order valence-electron chi connectivity index (χ4n) is 2.58. The van der Waals surface area contributed by atoms with Crippen LogP contribution in [0.25, 0.3) is 0 Å². The quantitative estimate of drug-likeness (QED) is 0.857. The molecule has 1 aliphatic rings. The molecule has 2 atom stereocenters. The van der Waals surface area contributed by atoms with Crippen LogP contribution in [0.2, 0.25) is 5.02 Å². The van der Waals surface area contributed by atoms with Crippen molar-refractivity contribution in [3.63, 3.8) is 0 Å². The van der Waals surface area contributed by atoms with Crippen LogP contribution in [0.4, 0.5) is 5.69 Å². The molecule has 1 aliphatic carbocycles. The molecule has 1 saturated carbocycles. The molecule has 19 heavy (non-hydrogen) atoms. The number of nitrogens with zero attached hydrogens (tertiary/aromatic N) is 1. The summed E-state index contributed by atoms with van der Waals surface area (Å²) in [6.07, 6.45) is 4.64. The van der Waals surface area contributed by atoms with Crippen LogP contribution in [0, 0.1) is 5.92 Å². The van der Waals surface area contributed by atoms with Crippen LogP contribution in [-0.4, -0.2) is 19.1 Å². The van der Waals surface area contributed by atoms with Gasteiger partial charge in [0.15, 0.2) is 0 Å². The average Bonchev–Trinajstić information content (AvgIpc) is 3.23. The highest BCUT2D eigenvalue weighted by molar-refractivity contribution is 6.30. The summed E-state index contributed by atoms with van der Waals surface area (Å²) in [5.74, 6) is 0.844. The molecule has 0 spiro atoms. The van der Waals surface area contributed by atoms with Gasteiger partial charge in [-0.3, -0.25) is 0 Å². The Morgan fingerprint density at radius 1 is 1.42 bits per heavy atom. The van der Waals surface area contributed by atoms with Gasteiger partial charge in [0.25, 0.3) is 0 Å².